The van der Waals surface area contributed by atoms with Crippen LogP contribution in [0, 0.1) is 0 Å². The number of benzene rings is 1. The van der Waals surface area contributed by atoms with Gasteiger partial charge in [-0.05, 0) is 4.68 Å². The lowest BCUT2D eigenvalue weighted by Gasteiger charge is -2.16. The lowest BCUT2D eigenvalue weighted by molar-refractivity contribution is -0.678. The molecule has 0 aliphatic heterocycles. The van der Waals surface area contributed by atoms with Crippen LogP contribution in [0.1, 0.15) is 5.69 Å². The summed E-state index contributed by atoms with van der Waals surface area (Å²) in [6.07, 6.45) is -5.01. The zero-order valence-corrected chi connectivity index (χ0v) is 10.8. The summed E-state index contributed by atoms with van der Waals surface area (Å²) in [4.78, 5) is 11.5. The molecule has 2 aromatic rings. The van der Waals surface area contributed by atoms with E-state index in [1.807, 2.05) is 0 Å². The second kappa shape index (κ2) is 5.43. The van der Waals surface area contributed by atoms with E-state index in [0.29, 0.717) is 10.6 Å². The van der Waals surface area contributed by atoms with E-state index in [1.54, 1.807) is 30.3 Å². The van der Waals surface area contributed by atoms with Gasteiger partial charge in [-0.25, -0.2) is 0 Å². The van der Waals surface area contributed by atoms with Gasteiger partial charge in [-0.1, -0.05) is 18.2 Å². The first-order valence-electron chi connectivity index (χ1n) is 5.76. The maximum absolute atomic E-state index is 12.3. The topological polar surface area (TPSA) is 73.3 Å². The largest absolute Gasteiger partial charge is 0.539 e. The summed E-state index contributed by atoms with van der Waals surface area (Å²) in [6, 6.07) is 8.24. The number of aromatic nitrogens is 2. The summed E-state index contributed by atoms with van der Waals surface area (Å²) in [5.74, 6) is -2.96. The predicted octanol–water partition coefficient (Wildman–Crippen LogP) is 0.546. The molecule has 0 atom stereocenters. The Bertz CT molecular complexity index is 640. The fraction of sp³-hybridized carbons (Fsp3) is 0.250. The first-order valence-corrected chi connectivity index (χ1v) is 5.76. The molecule has 9 heteroatoms. The molecule has 0 aliphatic rings. The van der Waals surface area contributed by atoms with Gasteiger partial charge in [0.25, 0.3) is 5.69 Å². The van der Waals surface area contributed by atoms with E-state index in [-0.39, 0.29) is 5.69 Å². The number of carbonyl (C=O) groups excluding carboxylic acids is 1. The van der Waals surface area contributed by atoms with E-state index in [2.05, 4.69) is 9.79 Å². The molecule has 0 unspecified atom stereocenters. The maximum atomic E-state index is 12.3. The van der Waals surface area contributed by atoms with Crippen molar-refractivity contribution in [2.75, 3.05) is 7.05 Å². The van der Waals surface area contributed by atoms with Gasteiger partial charge >= 0.3 is 12.1 Å². The number of halogens is 3. The average molecular weight is 301 g/mol. The number of hydrogen-bond acceptors (Lipinski definition) is 4. The van der Waals surface area contributed by atoms with E-state index in [1.165, 1.54) is 0 Å². The molecule has 2 rings (SSSR count). The fourth-order valence-corrected chi connectivity index (χ4v) is 1.68. The summed E-state index contributed by atoms with van der Waals surface area (Å²) < 4.78 is 42.5. The summed E-state index contributed by atoms with van der Waals surface area (Å²) in [5.41, 5.74) is 0.257. The zero-order valence-electron chi connectivity index (χ0n) is 10.8. The van der Waals surface area contributed by atoms with Crippen molar-refractivity contribution in [2.45, 2.75) is 12.7 Å². The van der Waals surface area contributed by atoms with Crippen molar-refractivity contribution in [1.29, 1.82) is 0 Å². The Hall–Kier alpha value is -2.58. The highest BCUT2D eigenvalue weighted by molar-refractivity contribution is 5.81. The molecular formula is C12H10F3N3O3. The SMILES string of the molecule is CN(Cc1c([O-])on[n+]1-c1ccccc1)C(=O)C(F)(F)F. The molecule has 0 radical (unpaired) electrons. The Morgan fingerprint density at radius 3 is 2.57 bits per heavy atom. The minimum atomic E-state index is -5.01. The zero-order chi connectivity index (χ0) is 15.6. The van der Waals surface area contributed by atoms with Crippen LogP contribution in [0.2, 0.25) is 0 Å². The van der Waals surface area contributed by atoms with Crippen LogP contribution in [-0.4, -0.2) is 29.3 Å². The minimum absolute atomic E-state index is 0.179. The highest BCUT2D eigenvalue weighted by Crippen LogP contribution is 2.20. The summed E-state index contributed by atoms with van der Waals surface area (Å²) in [5, 5.41) is 15.0. The number of rotatable bonds is 3. The maximum Gasteiger partial charge on any atom is 0.471 e. The van der Waals surface area contributed by atoms with Crippen LogP contribution in [0.25, 0.3) is 5.69 Å². The van der Waals surface area contributed by atoms with E-state index >= 15 is 0 Å². The van der Waals surface area contributed by atoms with Crippen molar-refractivity contribution in [3.05, 3.63) is 36.0 Å². The van der Waals surface area contributed by atoms with Gasteiger partial charge in [0.15, 0.2) is 5.95 Å². The molecule has 1 amide bonds. The van der Waals surface area contributed by atoms with Crippen molar-refractivity contribution in [2.24, 2.45) is 0 Å². The monoisotopic (exact) mass is 301 g/mol. The fourth-order valence-electron chi connectivity index (χ4n) is 1.68. The van der Waals surface area contributed by atoms with E-state index in [9.17, 15) is 23.1 Å². The van der Waals surface area contributed by atoms with Gasteiger partial charge in [0.05, 0.1) is 5.27 Å². The Morgan fingerprint density at radius 1 is 1.38 bits per heavy atom. The number of carbonyl (C=O) groups is 1. The number of alkyl halides is 3. The molecule has 0 fully saturated rings. The summed E-state index contributed by atoms with van der Waals surface area (Å²) >= 11 is 0. The number of para-hydroxylation sites is 1. The lowest BCUT2D eigenvalue weighted by atomic mass is 10.3. The molecule has 0 spiro atoms. The van der Waals surface area contributed by atoms with Crippen molar-refractivity contribution in [3.8, 4) is 11.6 Å². The Kier molecular flexibility index (Phi) is 3.83. The van der Waals surface area contributed by atoms with Crippen molar-refractivity contribution < 1.29 is 32.3 Å². The highest BCUT2D eigenvalue weighted by atomic mass is 19.4. The molecule has 21 heavy (non-hydrogen) atoms. The van der Waals surface area contributed by atoms with Gasteiger partial charge in [0.1, 0.15) is 6.54 Å². The van der Waals surface area contributed by atoms with Crippen LogP contribution in [0.4, 0.5) is 13.2 Å². The van der Waals surface area contributed by atoms with Crippen molar-refractivity contribution >= 4 is 5.91 Å². The summed E-state index contributed by atoms with van der Waals surface area (Å²) in [6.45, 7) is -0.574. The number of nitrogens with zero attached hydrogens (tertiary/aromatic N) is 3. The molecule has 0 saturated heterocycles. The first kappa shape index (κ1) is 14.8. The van der Waals surface area contributed by atoms with E-state index in [0.717, 1.165) is 11.7 Å². The van der Waals surface area contributed by atoms with E-state index in [4.69, 9.17) is 0 Å². The van der Waals surface area contributed by atoms with Crippen LogP contribution < -0.4 is 9.79 Å². The second-order valence-electron chi connectivity index (χ2n) is 4.21. The van der Waals surface area contributed by atoms with Gasteiger partial charge in [-0.2, -0.15) is 13.2 Å². The van der Waals surface area contributed by atoms with Crippen LogP contribution in [0.3, 0.4) is 0 Å². The van der Waals surface area contributed by atoms with Gasteiger partial charge in [0, 0.05) is 19.2 Å². The highest BCUT2D eigenvalue weighted by Gasteiger charge is 2.42. The smallest absolute Gasteiger partial charge is 0.471 e. The number of hydrogen-bond donors (Lipinski definition) is 0. The molecule has 1 heterocycles. The third kappa shape index (κ3) is 3.12. The Balaban J connectivity index is 2.29. The minimum Gasteiger partial charge on any atom is -0.539 e. The van der Waals surface area contributed by atoms with Crippen molar-refractivity contribution in [1.82, 2.24) is 10.2 Å². The molecule has 0 N–H and O–H groups in total. The third-order valence-corrected chi connectivity index (χ3v) is 2.67. The van der Waals surface area contributed by atoms with Crippen LogP contribution in [-0.2, 0) is 11.3 Å². The molecule has 1 aromatic heterocycles. The molecular weight excluding hydrogens is 291 g/mol. The average Bonchev–Trinajstić information content (AvgIpc) is 2.79. The molecule has 0 aliphatic carbocycles. The molecule has 6 nitrogen and oxygen atoms in total. The number of amides is 1. The quantitative estimate of drug-likeness (QED) is 0.776. The van der Waals surface area contributed by atoms with Crippen LogP contribution in [0.15, 0.2) is 34.9 Å². The molecule has 112 valence electrons. The van der Waals surface area contributed by atoms with Crippen LogP contribution in [0.5, 0.6) is 5.95 Å². The molecule has 0 bridgehead atoms. The lowest BCUT2D eigenvalue weighted by Crippen LogP contribution is -2.43. The Labute approximate surface area is 117 Å². The second-order valence-corrected chi connectivity index (χ2v) is 4.21. The Morgan fingerprint density at radius 2 is 2.00 bits per heavy atom. The van der Waals surface area contributed by atoms with Crippen molar-refractivity contribution in [3.63, 3.8) is 0 Å². The first-order chi connectivity index (χ1) is 9.80. The molecule has 0 saturated carbocycles. The normalized spacial score (nSPS) is 11.4. The standard InChI is InChI=1S/C12H10F3N3O3/c1-17(11(20)12(13,14)15)7-9-10(19)21-16-18(9)8-5-3-2-4-6-8/h2-6H,7H2,1H3. The van der Waals surface area contributed by atoms with Gasteiger partial charge in [-0.3, -0.25) is 4.79 Å². The summed E-state index contributed by atoms with van der Waals surface area (Å²) in [7, 11) is 0.942. The van der Waals surface area contributed by atoms with Gasteiger partial charge in [-0.15, -0.1) is 0 Å². The third-order valence-electron chi connectivity index (χ3n) is 2.67. The van der Waals surface area contributed by atoms with Gasteiger partial charge < -0.3 is 14.5 Å². The van der Waals surface area contributed by atoms with Gasteiger partial charge in [0.2, 0.25) is 5.69 Å². The van der Waals surface area contributed by atoms with E-state index < -0.39 is 24.6 Å². The molecule has 1 aromatic carbocycles. The predicted molar refractivity (Wildman–Crippen MR) is 60.0 cm³/mol. The van der Waals surface area contributed by atoms with Crippen LogP contribution >= 0.6 is 0 Å².